The van der Waals surface area contributed by atoms with Gasteiger partial charge in [0.15, 0.2) is 4.96 Å². The molecular formula is C19H17N3O4S. The summed E-state index contributed by atoms with van der Waals surface area (Å²) in [5, 5.41) is 1.77. The second kappa shape index (κ2) is 7.32. The number of ether oxygens (including phenoxy) is 1. The molecule has 2 aromatic heterocycles. The summed E-state index contributed by atoms with van der Waals surface area (Å²) in [5.74, 6) is -0.309. The van der Waals surface area contributed by atoms with Crippen molar-refractivity contribution in [3.63, 3.8) is 0 Å². The molecule has 3 heterocycles. The SMILES string of the molecule is O=C(OCc1cc(=O)n2ccsc2n1)c1ccc(CN2CCCC2=O)cc1. The molecular weight excluding hydrogens is 366 g/mol. The smallest absolute Gasteiger partial charge is 0.338 e. The number of hydrogen-bond acceptors (Lipinski definition) is 6. The fourth-order valence-electron chi connectivity index (χ4n) is 3.02. The summed E-state index contributed by atoms with van der Waals surface area (Å²) in [6.07, 6.45) is 3.17. The Hall–Kier alpha value is -3.00. The Labute approximate surface area is 158 Å². The minimum absolute atomic E-state index is 0.0630. The lowest BCUT2D eigenvalue weighted by Gasteiger charge is -2.15. The van der Waals surface area contributed by atoms with Crippen LogP contribution in [-0.2, 0) is 22.7 Å². The molecule has 1 amide bonds. The summed E-state index contributed by atoms with van der Waals surface area (Å²) in [6.45, 7) is 1.28. The Morgan fingerprint density at radius 2 is 2.04 bits per heavy atom. The minimum Gasteiger partial charge on any atom is -0.456 e. The summed E-state index contributed by atoms with van der Waals surface area (Å²) < 4.78 is 6.72. The number of thiazole rings is 1. The van der Waals surface area contributed by atoms with Crippen molar-refractivity contribution in [2.45, 2.75) is 26.0 Å². The van der Waals surface area contributed by atoms with E-state index in [1.54, 1.807) is 23.7 Å². The standard InChI is InChI=1S/C19H17N3O4S/c23-16-2-1-7-21(16)11-13-3-5-14(6-4-13)18(25)26-12-15-10-17(24)22-8-9-27-19(22)20-15/h3-6,8-10H,1-2,7,11-12H2. The number of benzene rings is 1. The molecule has 0 spiro atoms. The molecule has 138 valence electrons. The van der Waals surface area contributed by atoms with Crippen molar-refractivity contribution in [2.75, 3.05) is 6.54 Å². The normalized spacial score (nSPS) is 14.1. The molecule has 1 fully saturated rings. The van der Waals surface area contributed by atoms with Crippen LogP contribution < -0.4 is 5.56 Å². The Kier molecular flexibility index (Phi) is 4.72. The van der Waals surface area contributed by atoms with Crippen LogP contribution in [0.5, 0.6) is 0 Å². The van der Waals surface area contributed by atoms with E-state index >= 15 is 0 Å². The first-order valence-electron chi connectivity index (χ1n) is 8.60. The fraction of sp³-hybridized carbons (Fsp3) is 0.263. The van der Waals surface area contributed by atoms with Gasteiger partial charge in [0, 0.05) is 37.2 Å². The summed E-state index contributed by atoms with van der Waals surface area (Å²) in [7, 11) is 0. The lowest BCUT2D eigenvalue weighted by molar-refractivity contribution is -0.128. The zero-order valence-corrected chi connectivity index (χ0v) is 15.3. The third-order valence-corrected chi connectivity index (χ3v) is 5.20. The van der Waals surface area contributed by atoms with Crippen molar-refractivity contribution in [1.29, 1.82) is 0 Å². The predicted octanol–water partition coefficient (Wildman–Crippen LogP) is 2.24. The first kappa shape index (κ1) is 17.4. The zero-order valence-electron chi connectivity index (χ0n) is 14.5. The van der Waals surface area contributed by atoms with Crippen LogP contribution in [0.15, 0.2) is 46.7 Å². The van der Waals surface area contributed by atoms with E-state index in [-0.39, 0.29) is 18.1 Å². The molecule has 0 unspecified atom stereocenters. The molecule has 1 aromatic carbocycles. The number of carbonyl (C=O) groups is 2. The van der Waals surface area contributed by atoms with Gasteiger partial charge in [0.1, 0.15) is 6.61 Å². The van der Waals surface area contributed by atoms with Crippen molar-refractivity contribution in [2.24, 2.45) is 0 Å². The van der Waals surface area contributed by atoms with Gasteiger partial charge in [-0.3, -0.25) is 14.0 Å². The quantitative estimate of drug-likeness (QED) is 0.631. The zero-order chi connectivity index (χ0) is 18.8. The minimum atomic E-state index is -0.480. The molecule has 8 heteroatoms. The van der Waals surface area contributed by atoms with Crippen LogP contribution >= 0.6 is 11.3 Å². The predicted molar refractivity (Wildman–Crippen MR) is 99.6 cm³/mol. The van der Waals surface area contributed by atoms with Crippen LogP contribution in [-0.4, -0.2) is 32.7 Å². The average molecular weight is 383 g/mol. The molecule has 1 aliphatic rings. The van der Waals surface area contributed by atoms with E-state index in [2.05, 4.69) is 4.98 Å². The monoisotopic (exact) mass is 383 g/mol. The molecule has 4 rings (SSSR count). The van der Waals surface area contributed by atoms with Crippen LogP contribution in [0.25, 0.3) is 4.96 Å². The number of likely N-dealkylation sites (tertiary alicyclic amines) is 1. The van der Waals surface area contributed by atoms with Gasteiger partial charge in [0.25, 0.3) is 5.56 Å². The van der Waals surface area contributed by atoms with Gasteiger partial charge in [-0.15, -0.1) is 11.3 Å². The lowest BCUT2D eigenvalue weighted by atomic mass is 10.1. The summed E-state index contributed by atoms with van der Waals surface area (Å²) in [4.78, 5) is 42.5. The van der Waals surface area contributed by atoms with Gasteiger partial charge >= 0.3 is 5.97 Å². The summed E-state index contributed by atoms with van der Waals surface area (Å²) >= 11 is 1.34. The lowest BCUT2D eigenvalue weighted by Crippen LogP contribution is -2.23. The summed E-state index contributed by atoms with van der Waals surface area (Å²) in [5.41, 5.74) is 1.60. The fourth-order valence-corrected chi connectivity index (χ4v) is 3.76. The van der Waals surface area contributed by atoms with Crippen molar-refractivity contribution < 1.29 is 14.3 Å². The number of fused-ring (bicyclic) bond motifs is 1. The number of carbonyl (C=O) groups excluding carboxylic acids is 2. The van der Waals surface area contributed by atoms with Crippen LogP contribution in [0.4, 0.5) is 0 Å². The highest BCUT2D eigenvalue weighted by atomic mass is 32.1. The Bertz CT molecular complexity index is 1050. The average Bonchev–Trinajstić information content (AvgIpc) is 3.30. The number of nitrogens with zero attached hydrogens (tertiary/aromatic N) is 3. The molecule has 27 heavy (non-hydrogen) atoms. The van der Waals surface area contributed by atoms with Crippen LogP contribution in [0.2, 0.25) is 0 Å². The Balaban J connectivity index is 1.38. The van der Waals surface area contributed by atoms with Crippen LogP contribution in [0.1, 0.15) is 34.5 Å². The van der Waals surface area contributed by atoms with E-state index in [4.69, 9.17) is 4.74 Å². The van der Waals surface area contributed by atoms with Gasteiger partial charge in [-0.25, -0.2) is 9.78 Å². The first-order valence-corrected chi connectivity index (χ1v) is 9.48. The highest BCUT2D eigenvalue weighted by Crippen LogP contribution is 2.15. The number of rotatable bonds is 5. The van der Waals surface area contributed by atoms with E-state index in [0.717, 1.165) is 18.5 Å². The first-order chi connectivity index (χ1) is 13.1. The third kappa shape index (κ3) is 3.75. The largest absolute Gasteiger partial charge is 0.456 e. The molecule has 0 atom stereocenters. The van der Waals surface area contributed by atoms with Crippen molar-refractivity contribution in [3.05, 3.63) is 69.1 Å². The molecule has 0 radical (unpaired) electrons. The van der Waals surface area contributed by atoms with Crippen LogP contribution in [0, 0.1) is 0 Å². The van der Waals surface area contributed by atoms with Gasteiger partial charge in [0.05, 0.1) is 11.3 Å². The highest BCUT2D eigenvalue weighted by molar-refractivity contribution is 7.15. The number of amides is 1. The molecule has 0 bridgehead atoms. The maximum absolute atomic E-state index is 12.2. The molecule has 0 N–H and O–H groups in total. The molecule has 3 aromatic rings. The van der Waals surface area contributed by atoms with Gasteiger partial charge in [-0.2, -0.15) is 0 Å². The maximum Gasteiger partial charge on any atom is 0.338 e. The second-order valence-corrected chi connectivity index (χ2v) is 7.21. The van der Waals surface area contributed by atoms with Crippen molar-refractivity contribution in [1.82, 2.24) is 14.3 Å². The second-order valence-electron chi connectivity index (χ2n) is 6.33. The Morgan fingerprint density at radius 3 is 2.78 bits per heavy atom. The molecule has 7 nitrogen and oxygen atoms in total. The van der Waals surface area contributed by atoms with E-state index in [1.807, 2.05) is 17.0 Å². The number of aromatic nitrogens is 2. The van der Waals surface area contributed by atoms with E-state index in [9.17, 15) is 14.4 Å². The van der Waals surface area contributed by atoms with Gasteiger partial charge in [0.2, 0.25) is 5.91 Å². The summed E-state index contributed by atoms with van der Waals surface area (Å²) in [6, 6.07) is 8.38. The van der Waals surface area contributed by atoms with E-state index in [1.165, 1.54) is 21.8 Å². The van der Waals surface area contributed by atoms with Crippen molar-refractivity contribution >= 4 is 28.2 Å². The van der Waals surface area contributed by atoms with Gasteiger partial charge in [-0.1, -0.05) is 12.1 Å². The van der Waals surface area contributed by atoms with Gasteiger partial charge < -0.3 is 9.64 Å². The highest BCUT2D eigenvalue weighted by Gasteiger charge is 2.20. The third-order valence-electron chi connectivity index (χ3n) is 4.44. The molecule has 0 saturated carbocycles. The number of hydrogen-bond donors (Lipinski definition) is 0. The molecule has 1 aliphatic heterocycles. The molecule has 0 aliphatic carbocycles. The van der Waals surface area contributed by atoms with E-state index < -0.39 is 5.97 Å². The Morgan fingerprint density at radius 1 is 1.22 bits per heavy atom. The topological polar surface area (TPSA) is 81.0 Å². The van der Waals surface area contributed by atoms with Gasteiger partial charge in [-0.05, 0) is 24.1 Å². The van der Waals surface area contributed by atoms with Crippen LogP contribution in [0.3, 0.4) is 0 Å². The molecule has 1 saturated heterocycles. The van der Waals surface area contributed by atoms with E-state index in [0.29, 0.717) is 29.2 Å². The maximum atomic E-state index is 12.2. The number of esters is 1. The van der Waals surface area contributed by atoms with Crippen molar-refractivity contribution in [3.8, 4) is 0 Å².